The highest BCUT2D eigenvalue weighted by molar-refractivity contribution is 7.47. The second kappa shape index (κ2) is 69.8. The number of esters is 4. The van der Waals surface area contributed by atoms with E-state index in [9.17, 15) is 43.2 Å². The largest absolute Gasteiger partial charge is 0.472 e. The Morgan fingerprint density at radius 2 is 0.495 bits per heavy atom. The lowest BCUT2D eigenvalue weighted by atomic mass is 9.99. The molecule has 0 aliphatic rings. The Labute approximate surface area is 594 Å². The quantitative estimate of drug-likeness (QED) is 0.0222. The van der Waals surface area contributed by atoms with Gasteiger partial charge in [-0.2, -0.15) is 0 Å². The van der Waals surface area contributed by atoms with Crippen LogP contribution in [0.15, 0.2) is 0 Å². The van der Waals surface area contributed by atoms with Gasteiger partial charge in [-0.25, -0.2) is 9.13 Å². The highest BCUT2D eigenvalue weighted by atomic mass is 31.2. The molecule has 3 N–H and O–H groups in total. The van der Waals surface area contributed by atoms with Crippen LogP contribution in [0.1, 0.15) is 408 Å². The predicted molar refractivity (Wildman–Crippen MR) is 395 cm³/mol. The molecule has 0 rings (SSSR count). The minimum Gasteiger partial charge on any atom is -0.462 e. The van der Waals surface area contributed by atoms with Crippen molar-refractivity contribution in [1.29, 1.82) is 0 Å². The number of phosphoric ester groups is 2. The van der Waals surface area contributed by atoms with Gasteiger partial charge in [0, 0.05) is 25.7 Å². The number of carbonyl (C=O) groups excluding carboxylic acids is 4. The van der Waals surface area contributed by atoms with E-state index in [2.05, 4.69) is 41.5 Å². The molecule has 4 unspecified atom stereocenters. The van der Waals surface area contributed by atoms with Gasteiger partial charge in [-0.05, 0) is 37.5 Å². The molecular formula is C78H152O17P2. The molecule has 0 bridgehead atoms. The van der Waals surface area contributed by atoms with E-state index in [-0.39, 0.29) is 25.7 Å². The smallest absolute Gasteiger partial charge is 0.462 e. The van der Waals surface area contributed by atoms with Gasteiger partial charge in [-0.3, -0.25) is 37.3 Å². The molecule has 0 aliphatic heterocycles. The molecule has 576 valence electrons. The van der Waals surface area contributed by atoms with Gasteiger partial charge in [0.05, 0.1) is 26.4 Å². The first kappa shape index (κ1) is 95.1. The van der Waals surface area contributed by atoms with Gasteiger partial charge in [0.25, 0.3) is 0 Å². The molecule has 0 radical (unpaired) electrons. The summed E-state index contributed by atoms with van der Waals surface area (Å²) in [5.74, 6) is -0.420. The third-order valence-electron chi connectivity index (χ3n) is 18.9. The van der Waals surface area contributed by atoms with E-state index >= 15 is 0 Å². The van der Waals surface area contributed by atoms with Crippen molar-refractivity contribution in [3.63, 3.8) is 0 Å². The highest BCUT2D eigenvalue weighted by Crippen LogP contribution is 2.45. The van der Waals surface area contributed by atoms with Gasteiger partial charge in [-0.15, -0.1) is 0 Å². The molecule has 97 heavy (non-hydrogen) atoms. The summed E-state index contributed by atoms with van der Waals surface area (Å²) in [6, 6.07) is 0. The van der Waals surface area contributed by atoms with Gasteiger partial charge in [-0.1, -0.05) is 356 Å². The van der Waals surface area contributed by atoms with Crippen LogP contribution >= 0.6 is 15.6 Å². The first-order chi connectivity index (χ1) is 46.9. The van der Waals surface area contributed by atoms with Crippen LogP contribution in [0.25, 0.3) is 0 Å². The monoisotopic (exact) mass is 1420 g/mol. The summed E-state index contributed by atoms with van der Waals surface area (Å²) < 4.78 is 68.5. The van der Waals surface area contributed by atoms with Crippen molar-refractivity contribution >= 4 is 39.5 Å². The van der Waals surface area contributed by atoms with E-state index < -0.39 is 97.5 Å². The summed E-state index contributed by atoms with van der Waals surface area (Å²) in [7, 11) is -9.91. The van der Waals surface area contributed by atoms with Crippen molar-refractivity contribution < 1.29 is 80.2 Å². The lowest BCUT2D eigenvalue weighted by molar-refractivity contribution is -0.161. The third-order valence-corrected chi connectivity index (χ3v) is 20.8. The average Bonchev–Trinajstić information content (AvgIpc) is 1.84. The molecule has 0 heterocycles. The Kier molecular flexibility index (Phi) is 68.4. The Morgan fingerprint density at radius 1 is 0.289 bits per heavy atom. The van der Waals surface area contributed by atoms with E-state index in [0.29, 0.717) is 25.7 Å². The maximum atomic E-state index is 13.1. The molecule has 17 nitrogen and oxygen atoms in total. The topological polar surface area (TPSA) is 237 Å². The number of carbonyl (C=O) groups is 4. The molecule has 0 fully saturated rings. The second-order valence-corrected chi connectivity index (χ2v) is 31.5. The average molecular weight is 1420 g/mol. The lowest BCUT2D eigenvalue weighted by Crippen LogP contribution is -2.30. The molecule has 7 atom stereocenters. The van der Waals surface area contributed by atoms with E-state index in [1.54, 1.807) is 0 Å². The summed E-state index contributed by atoms with van der Waals surface area (Å²) in [6.45, 7) is 9.69. The molecule has 0 aromatic carbocycles. The normalized spacial score (nSPS) is 14.5. The van der Waals surface area contributed by atoms with Crippen LogP contribution in [0.2, 0.25) is 0 Å². The van der Waals surface area contributed by atoms with E-state index in [0.717, 1.165) is 115 Å². The Bertz CT molecular complexity index is 1880. The van der Waals surface area contributed by atoms with Crippen molar-refractivity contribution in [2.24, 2.45) is 11.8 Å². The molecule has 0 saturated heterocycles. The van der Waals surface area contributed by atoms with Crippen molar-refractivity contribution in [1.82, 2.24) is 0 Å². The molecule has 0 aromatic heterocycles. The van der Waals surface area contributed by atoms with Crippen LogP contribution in [-0.4, -0.2) is 96.7 Å². The Morgan fingerprint density at radius 3 is 0.732 bits per heavy atom. The molecule has 0 spiro atoms. The number of hydrogen-bond donors (Lipinski definition) is 3. The van der Waals surface area contributed by atoms with Crippen LogP contribution < -0.4 is 0 Å². The Balaban J connectivity index is 5.20. The molecule has 0 aliphatic carbocycles. The fraction of sp³-hybridized carbons (Fsp3) is 0.949. The summed E-state index contributed by atoms with van der Waals surface area (Å²) >= 11 is 0. The molecular weight excluding hydrogens is 1270 g/mol. The zero-order valence-corrected chi connectivity index (χ0v) is 65.2. The number of phosphoric acid groups is 2. The minimum absolute atomic E-state index is 0.108. The molecule has 0 aromatic rings. The number of ether oxygens (including phenoxy) is 4. The standard InChI is InChI=1S/C78H152O17P2/c1-7-11-13-15-17-18-19-20-27-33-38-44-50-56-62-77(82)94-73(66-88-75(80)60-54-48-40-16-14-12-8-2)68-92-96(84,85)90-64-72(79)65-91-97(86,87)93-69-74(95-78(83)63-57-51-45-39-34-29-24-22-26-31-36-42-47-53-59-71(6)10-4)67-89-76(81)61-55-49-43-37-32-28-23-21-25-30-35-41-46-52-58-70(5)9-3/h70-74,79H,7-69H2,1-6H3,(H,84,85)(H,86,87)/t70?,71?,72-,73+,74+/m0/s1. The van der Waals surface area contributed by atoms with Crippen LogP contribution in [0.5, 0.6) is 0 Å². The Hall–Kier alpha value is -1.94. The number of hydrogen-bond acceptors (Lipinski definition) is 15. The zero-order chi connectivity index (χ0) is 71.4. The van der Waals surface area contributed by atoms with Gasteiger partial charge in [0.1, 0.15) is 19.3 Å². The number of aliphatic hydroxyl groups excluding tert-OH is 1. The fourth-order valence-electron chi connectivity index (χ4n) is 11.9. The molecule has 19 heteroatoms. The summed E-state index contributed by atoms with van der Waals surface area (Å²) in [5, 5.41) is 10.6. The zero-order valence-electron chi connectivity index (χ0n) is 63.4. The van der Waals surface area contributed by atoms with E-state index in [1.807, 2.05) is 0 Å². The van der Waals surface area contributed by atoms with E-state index in [4.69, 9.17) is 37.0 Å². The van der Waals surface area contributed by atoms with Gasteiger partial charge in [0.15, 0.2) is 12.2 Å². The van der Waals surface area contributed by atoms with Gasteiger partial charge >= 0.3 is 39.5 Å². The predicted octanol–water partition coefficient (Wildman–Crippen LogP) is 23.1. The highest BCUT2D eigenvalue weighted by Gasteiger charge is 2.30. The molecule has 0 saturated carbocycles. The van der Waals surface area contributed by atoms with Crippen LogP contribution in [0.4, 0.5) is 0 Å². The number of rotatable bonds is 77. The van der Waals surface area contributed by atoms with Crippen molar-refractivity contribution in [2.75, 3.05) is 39.6 Å². The second-order valence-electron chi connectivity index (χ2n) is 28.6. The van der Waals surface area contributed by atoms with Crippen LogP contribution in [0, 0.1) is 11.8 Å². The van der Waals surface area contributed by atoms with Crippen LogP contribution in [0.3, 0.4) is 0 Å². The lowest BCUT2D eigenvalue weighted by Gasteiger charge is -2.21. The number of unbranched alkanes of at least 4 members (excludes halogenated alkanes) is 45. The van der Waals surface area contributed by atoms with Gasteiger partial charge < -0.3 is 33.8 Å². The van der Waals surface area contributed by atoms with E-state index in [1.165, 1.54) is 212 Å². The van der Waals surface area contributed by atoms with Gasteiger partial charge in [0.2, 0.25) is 0 Å². The maximum absolute atomic E-state index is 13.1. The molecule has 0 amide bonds. The van der Waals surface area contributed by atoms with Crippen molar-refractivity contribution in [2.45, 2.75) is 426 Å². The first-order valence-electron chi connectivity index (χ1n) is 40.6. The summed E-state index contributed by atoms with van der Waals surface area (Å²) in [4.78, 5) is 72.8. The first-order valence-corrected chi connectivity index (χ1v) is 43.6. The van der Waals surface area contributed by atoms with Crippen LogP contribution in [-0.2, 0) is 65.4 Å². The third kappa shape index (κ3) is 69.5. The van der Waals surface area contributed by atoms with Crippen molar-refractivity contribution in [3.8, 4) is 0 Å². The minimum atomic E-state index is -4.96. The summed E-state index contributed by atoms with van der Waals surface area (Å²) in [6.07, 6.45) is 58.2. The fourth-order valence-corrected chi connectivity index (χ4v) is 13.5. The summed E-state index contributed by atoms with van der Waals surface area (Å²) in [5.41, 5.74) is 0. The maximum Gasteiger partial charge on any atom is 0.472 e. The van der Waals surface area contributed by atoms with Crippen molar-refractivity contribution in [3.05, 3.63) is 0 Å². The SMILES string of the molecule is CCCCCCCCCCCCCCCCC(=O)O[C@H](COC(=O)CCCCCCCCC)COP(=O)(O)OC[C@H](O)COP(=O)(O)OC[C@@H](COC(=O)CCCCCCCCCCCCCCCCC(C)CC)OC(=O)CCCCCCCCCCCCCCCCC(C)CC. The number of aliphatic hydroxyl groups is 1.